The van der Waals surface area contributed by atoms with Crippen LogP contribution in [0.1, 0.15) is 27.2 Å². The molecule has 0 radical (unpaired) electrons. The van der Waals surface area contributed by atoms with Crippen LogP contribution in [0.5, 0.6) is 0 Å². The van der Waals surface area contributed by atoms with E-state index in [4.69, 9.17) is 0 Å². The van der Waals surface area contributed by atoms with E-state index in [0.717, 1.165) is 16.8 Å². The number of hydrogen-bond donors (Lipinski definition) is 1. The molecule has 2 heterocycles. The summed E-state index contributed by atoms with van der Waals surface area (Å²) < 4.78 is 1.53. The van der Waals surface area contributed by atoms with Gasteiger partial charge in [-0.25, -0.2) is 4.98 Å². The number of anilines is 1. The maximum atomic E-state index is 12.6. The summed E-state index contributed by atoms with van der Waals surface area (Å²) >= 11 is 0. The fourth-order valence-corrected chi connectivity index (χ4v) is 2.52. The number of carbonyl (C=O) groups is 1. The van der Waals surface area contributed by atoms with Crippen molar-refractivity contribution in [2.75, 3.05) is 5.32 Å². The van der Waals surface area contributed by atoms with Crippen LogP contribution in [0.25, 0.3) is 0 Å². The van der Waals surface area contributed by atoms with Gasteiger partial charge in [0.2, 0.25) is 0 Å². The average molecular weight is 333 g/mol. The second-order valence-corrected chi connectivity index (χ2v) is 5.96. The number of rotatable bonds is 4. The highest BCUT2D eigenvalue weighted by Gasteiger charge is 2.13. The summed E-state index contributed by atoms with van der Waals surface area (Å²) in [5.41, 5.74) is 2.73. The number of aromatic nitrogens is 2. The zero-order valence-electron chi connectivity index (χ0n) is 14.2. The van der Waals surface area contributed by atoms with E-state index in [9.17, 15) is 9.59 Å². The van der Waals surface area contributed by atoms with Gasteiger partial charge in [0.15, 0.2) is 0 Å². The van der Waals surface area contributed by atoms with E-state index in [1.54, 1.807) is 24.4 Å². The van der Waals surface area contributed by atoms with Crippen LogP contribution in [0.2, 0.25) is 0 Å². The van der Waals surface area contributed by atoms with Gasteiger partial charge in [-0.15, -0.1) is 0 Å². The smallest absolute Gasteiger partial charge is 0.263 e. The second-order valence-electron chi connectivity index (χ2n) is 5.96. The Labute approximate surface area is 146 Å². The van der Waals surface area contributed by atoms with E-state index in [-0.39, 0.29) is 11.1 Å². The van der Waals surface area contributed by atoms with Crippen LogP contribution in [0, 0.1) is 13.8 Å². The Morgan fingerprint density at radius 2 is 1.80 bits per heavy atom. The fourth-order valence-electron chi connectivity index (χ4n) is 2.52. The Morgan fingerprint density at radius 1 is 1.04 bits per heavy atom. The third kappa shape index (κ3) is 4.01. The van der Waals surface area contributed by atoms with Gasteiger partial charge < -0.3 is 9.88 Å². The van der Waals surface area contributed by atoms with Crippen molar-refractivity contribution in [2.24, 2.45) is 0 Å². The van der Waals surface area contributed by atoms with Gasteiger partial charge in [0.25, 0.3) is 11.5 Å². The van der Waals surface area contributed by atoms with Gasteiger partial charge in [-0.05, 0) is 43.7 Å². The highest BCUT2D eigenvalue weighted by molar-refractivity contribution is 6.03. The number of aryl methyl sites for hydroxylation is 2. The van der Waals surface area contributed by atoms with E-state index in [1.165, 1.54) is 10.6 Å². The van der Waals surface area contributed by atoms with Crippen molar-refractivity contribution in [1.29, 1.82) is 0 Å². The molecule has 1 amide bonds. The number of hydrogen-bond acceptors (Lipinski definition) is 3. The van der Waals surface area contributed by atoms with Gasteiger partial charge in [-0.3, -0.25) is 9.59 Å². The summed E-state index contributed by atoms with van der Waals surface area (Å²) in [5, 5.41) is 2.68. The monoisotopic (exact) mass is 333 g/mol. The summed E-state index contributed by atoms with van der Waals surface area (Å²) in [7, 11) is 0. The molecule has 0 aliphatic heterocycles. The van der Waals surface area contributed by atoms with E-state index in [0.29, 0.717) is 12.4 Å². The largest absolute Gasteiger partial charge is 0.310 e. The molecule has 3 rings (SSSR count). The molecule has 3 aromatic rings. The molecular weight excluding hydrogens is 314 g/mol. The van der Waals surface area contributed by atoms with Crippen LogP contribution in [0.3, 0.4) is 0 Å². The van der Waals surface area contributed by atoms with Crippen molar-refractivity contribution in [1.82, 2.24) is 9.55 Å². The van der Waals surface area contributed by atoms with Crippen LogP contribution in [0.4, 0.5) is 5.82 Å². The topological polar surface area (TPSA) is 64.0 Å². The van der Waals surface area contributed by atoms with Gasteiger partial charge >= 0.3 is 0 Å². The normalized spacial score (nSPS) is 10.5. The van der Waals surface area contributed by atoms with Crippen LogP contribution >= 0.6 is 0 Å². The average Bonchev–Trinajstić information content (AvgIpc) is 2.58. The highest BCUT2D eigenvalue weighted by Crippen LogP contribution is 2.07. The maximum Gasteiger partial charge on any atom is 0.263 e. The van der Waals surface area contributed by atoms with Crippen molar-refractivity contribution in [3.8, 4) is 0 Å². The molecule has 0 bridgehead atoms. The molecule has 0 aliphatic carbocycles. The fraction of sp³-hybridized carbons (Fsp3) is 0.150. The number of nitrogens with zero attached hydrogens (tertiary/aromatic N) is 2. The Hall–Kier alpha value is -3.21. The predicted octanol–water partition coefficient (Wildman–Crippen LogP) is 3.16. The molecule has 25 heavy (non-hydrogen) atoms. The molecule has 0 atom stereocenters. The first-order valence-electron chi connectivity index (χ1n) is 8.03. The number of nitrogens with one attached hydrogen (secondary N) is 1. The van der Waals surface area contributed by atoms with Crippen LogP contribution in [0.15, 0.2) is 65.6 Å². The van der Waals surface area contributed by atoms with Gasteiger partial charge in [-0.2, -0.15) is 0 Å². The lowest BCUT2D eigenvalue weighted by molar-refractivity contribution is 0.102. The molecular formula is C20H19N3O2. The Morgan fingerprint density at radius 3 is 2.52 bits per heavy atom. The van der Waals surface area contributed by atoms with Crippen molar-refractivity contribution in [2.45, 2.75) is 20.4 Å². The molecule has 0 unspecified atom stereocenters. The van der Waals surface area contributed by atoms with Crippen molar-refractivity contribution in [3.63, 3.8) is 0 Å². The quantitative estimate of drug-likeness (QED) is 0.798. The zero-order valence-corrected chi connectivity index (χ0v) is 14.2. The third-order valence-corrected chi connectivity index (χ3v) is 3.87. The lowest BCUT2D eigenvalue weighted by Gasteiger charge is -2.09. The minimum absolute atomic E-state index is 0.0953. The first-order valence-corrected chi connectivity index (χ1v) is 8.03. The number of pyridine rings is 2. The molecule has 1 aromatic carbocycles. The minimum atomic E-state index is -0.457. The van der Waals surface area contributed by atoms with Gasteiger partial charge in [0.1, 0.15) is 11.4 Å². The van der Waals surface area contributed by atoms with Gasteiger partial charge in [0, 0.05) is 11.9 Å². The van der Waals surface area contributed by atoms with Gasteiger partial charge in [0.05, 0.1) is 6.54 Å². The Bertz CT molecular complexity index is 959. The first kappa shape index (κ1) is 16.6. The number of carbonyl (C=O) groups excluding carboxylic acids is 1. The van der Waals surface area contributed by atoms with Crippen molar-refractivity contribution in [3.05, 3.63) is 93.5 Å². The molecule has 126 valence electrons. The zero-order chi connectivity index (χ0) is 17.8. The molecule has 0 saturated carbocycles. The molecule has 0 fully saturated rings. The maximum absolute atomic E-state index is 12.6. The van der Waals surface area contributed by atoms with Crippen LogP contribution < -0.4 is 10.9 Å². The minimum Gasteiger partial charge on any atom is -0.310 e. The van der Waals surface area contributed by atoms with Crippen LogP contribution in [-0.2, 0) is 6.54 Å². The molecule has 1 N–H and O–H groups in total. The first-order chi connectivity index (χ1) is 12.0. The molecule has 2 aromatic heterocycles. The highest BCUT2D eigenvalue weighted by atomic mass is 16.2. The van der Waals surface area contributed by atoms with Crippen molar-refractivity contribution < 1.29 is 4.79 Å². The number of benzene rings is 1. The lowest BCUT2D eigenvalue weighted by atomic mass is 10.1. The van der Waals surface area contributed by atoms with Crippen LogP contribution in [-0.4, -0.2) is 15.5 Å². The summed E-state index contributed by atoms with van der Waals surface area (Å²) in [6, 6.07) is 16.5. The summed E-state index contributed by atoms with van der Waals surface area (Å²) in [6.45, 7) is 4.27. The predicted molar refractivity (Wildman–Crippen MR) is 97.9 cm³/mol. The molecule has 0 aliphatic rings. The molecule has 0 spiro atoms. The standard InChI is InChI=1S/C20H19N3O2/c1-14-8-10-16(11-9-14)13-23-12-4-6-17(20(23)25)19(24)22-18-7-3-5-15(2)21-18/h3-12H,13H2,1-2H3,(H,21,22,24). The third-order valence-electron chi connectivity index (χ3n) is 3.87. The Kier molecular flexibility index (Phi) is 4.75. The summed E-state index contributed by atoms with van der Waals surface area (Å²) in [4.78, 5) is 29.3. The lowest BCUT2D eigenvalue weighted by Crippen LogP contribution is -2.29. The molecule has 5 nitrogen and oxygen atoms in total. The summed E-state index contributed by atoms with van der Waals surface area (Å²) in [6.07, 6.45) is 1.68. The molecule has 5 heteroatoms. The van der Waals surface area contributed by atoms with E-state index in [1.807, 2.05) is 44.2 Å². The van der Waals surface area contributed by atoms with E-state index >= 15 is 0 Å². The van der Waals surface area contributed by atoms with E-state index in [2.05, 4.69) is 10.3 Å². The van der Waals surface area contributed by atoms with Gasteiger partial charge in [-0.1, -0.05) is 35.9 Å². The number of amides is 1. The second kappa shape index (κ2) is 7.13. The Balaban J connectivity index is 1.84. The molecule has 0 saturated heterocycles. The van der Waals surface area contributed by atoms with E-state index < -0.39 is 5.91 Å². The van der Waals surface area contributed by atoms with Crippen molar-refractivity contribution >= 4 is 11.7 Å². The SMILES string of the molecule is Cc1ccc(Cn2cccc(C(=O)Nc3cccc(C)n3)c2=O)cc1. The summed E-state index contributed by atoms with van der Waals surface area (Å²) in [5.74, 6) is -0.0281.